The second kappa shape index (κ2) is 9.87. The molecule has 172 valence electrons. The topological polar surface area (TPSA) is 48.9 Å². The number of alkyl halides is 3. The van der Waals surface area contributed by atoms with Crippen LogP contribution in [0.2, 0.25) is 0 Å². The Morgan fingerprint density at radius 3 is 2.34 bits per heavy atom. The zero-order valence-electron chi connectivity index (χ0n) is 17.8. The number of ether oxygens (including phenoxy) is 1. The summed E-state index contributed by atoms with van der Waals surface area (Å²) >= 11 is 0. The zero-order valence-corrected chi connectivity index (χ0v) is 17.8. The van der Waals surface area contributed by atoms with E-state index >= 15 is 0 Å². The Balaban J connectivity index is 1.50. The Kier molecular flexibility index (Phi) is 6.95. The molecule has 3 heterocycles. The van der Waals surface area contributed by atoms with Crippen molar-refractivity contribution in [1.82, 2.24) is 14.8 Å². The van der Waals surface area contributed by atoms with Crippen LogP contribution in [-0.2, 0) is 15.7 Å². The SMILES string of the molecule is O=C([C@H](c1ccccc1)N1CCCN(c2ccc(C(F)(F)F)cn2)CC1)N1CCOCC1. The second-order valence-electron chi connectivity index (χ2n) is 8.03. The molecule has 0 saturated carbocycles. The average molecular weight is 448 g/mol. The van der Waals surface area contributed by atoms with Crippen LogP contribution in [0.1, 0.15) is 23.6 Å². The quantitative estimate of drug-likeness (QED) is 0.719. The summed E-state index contributed by atoms with van der Waals surface area (Å²) in [6.45, 7) is 4.82. The van der Waals surface area contributed by atoms with Gasteiger partial charge in [-0.25, -0.2) is 4.98 Å². The Morgan fingerprint density at radius 2 is 1.69 bits per heavy atom. The number of morpholine rings is 1. The first-order valence-corrected chi connectivity index (χ1v) is 10.9. The first kappa shape index (κ1) is 22.5. The van der Waals surface area contributed by atoms with Gasteiger partial charge in [-0.05, 0) is 24.1 Å². The molecule has 2 saturated heterocycles. The number of carbonyl (C=O) groups excluding carboxylic acids is 1. The van der Waals surface area contributed by atoms with E-state index in [0.717, 1.165) is 24.2 Å². The number of benzene rings is 1. The van der Waals surface area contributed by atoms with E-state index in [2.05, 4.69) is 9.88 Å². The number of anilines is 1. The number of halogens is 3. The van der Waals surface area contributed by atoms with Crippen molar-refractivity contribution in [1.29, 1.82) is 0 Å². The molecule has 2 aliphatic rings. The fraction of sp³-hybridized carbons (Fsp3) is 0.478. The van der Waals surface area contributed by atoms with Crippen LogP contribution in [0.5, 0.6) is 0 Å². The number of nitrogens with zero attached hydrogens (tertiary/aromatic N) is 4. The van der Waals surface area contributed by atoms with Gasteiger partial charge in [0.15, 0.2) is 0 Å². The van der Waals surface area contributed by atoms with Crippen molar-refractivity contribution >= 4 is 11.7 Å². The summed E-state index contributed by atoms with van der Waals surface area (Å²) in [5.41, 5.74) is 0.197. The number of aromatic nitrogens is 1. The maximum Gasteiger partial charge on any atom is 0.417 e. The molecule has 1 aromatic carbocycles. The lowest BCUT2D eigenvalue weighted by atomic mass is 10.0. The van der Waals surface area contributed by atoms with Gasteiger partial charge >= 0.3 is 6.18 Å². The lowest BCUT2D eigenvalue weighted by Gasteiger charge is -2.36. The zero-order chi connectivity index (χ0) is 22.6. The van der Waals surface area contributed by atoms with Crippen molar-refractivity contribution in [2.75, 3.05) is 57.4 Å². The van der Waals surface area contributed by atoms with Crippen molar-refractivity contribution in [3.8, 4) is 0 Å². The third-order valence-electron chi connectivity index (χ3n) is 5.97. The van der Waals surface area contributed by atoms with E-state index in [4.69, 9.17) is 4.74 Å². The first-order valence-electron chi connectivity index (χ1n) is 10.9. The van der Waals surface area contributed by atoms with Gasteiger partial charge < -0.3 is 14.5 Å². The van der Waals surface area contributed by atoms with Crippen LogP contribution in [0.25, 0.3) is 0 Å². The van der Waals surface area contributed by atoms with Crippen molar-refractivity contribution < 1.29 is 22.7 Å². The van der Waals surface area contributed by atoms with Gasteiger partial charge in [0, 0.05) is 45.5 Å². The molecule has 2 aromatic rings. The summed E-state index contributed by atoms with van der Waals surface area (Å²) in [4.78, 5) is 23.6. The Hall–Kier alpha value is -2.65. The molecule has 2 fully saturated rings. The minimum atomic E-state index is -4.40. The smallest absolute Gasteiger partial charge is 0.378 e. The molecule has 9 heteroatoms. The molecule has 0 spiro atoms. The van der Waals surface area contributed by atoms with Crippen LogP contribution in [-0.4, -0.2) is 73.2 Å². The molecule has 1 atom stereocenters. The summed E-state index contributed by atoms with van der Waals surface area (Å²) < 4.78 is 44.0. The highest BCUT2D eigenvalue weighted by atomic mass is 19.4. The fourth-order valence-corrected chi connectivity index (χ4v) is 4.27. The molecule has 1 aromatic heterocycles. The van der Waals surface area contributed by atoms with Gasteiger partial charge in [0.05, 0.1) is 18.8 Å². The molecular formula is C23H27F3N4O2. The standard InChI is InChI=1S/C23H27F3N4O2/c24-23(25,26)19-7-8-20(27-17-19)28-9-4-10-29(12-11-28)21(18-5-2-1-3-6-18)22(31)30-13-15-32-16-14-30/h1-3,5-8,17,21H,4,9-16H2/t21-/m0/s1. The third kappa shape index (κ3) is 5.21. The van der Waals surface area contributed by atoms with Crippen LogP contribution in [0, 0.1) is 0 Å². The predicted molar refractivity (Wildman–Crippen MR) is 114 cm³/mol. The van der Waals surface area contributed by atoms with E-state index in [1.165, 1.54) is 6.07 Å². The highest BCUT2D eigenvalue weighted by molar-refractivity contribution is 5.83. The highest BCUT2D eigenvalue weighted by Gasteiger charge is 2.34. The number of hydrogen-bond acceptors (Lipinski definition) is 5. The largest absolute Gasteiger partial charge is 0.417 e. The molecule has 6 nitrogen and oxygen atoms in total. The van der Waals surface area contributed by atoms with E-state index in [-0.39, 0.29) is 5.91 Å². The number of hydrogen-bond donors (Lipinski definition) is 0. The molecule has 0 bridgehead atoms. The molecule has 2 aliphatic heterocycles. The minimum absolute atomic E-state index is 0.0700. The van der Waals surface area contributed by atoms with Gasteiger partial charge in [-0.3, -0.25) is 9.69 Å². The summed E-state index contributed by atoms with van der Waals surface area (Å²) in [5.74, 6) is 0.594. The third-order valence-corrected chi connectivity index (χ3v) is 5.97. The van der Waals surface area contributed by atoms with Gasteiger partial charge in [-0.1, -0.05) is 30.3 Å². The molecule has 0 radical (unpaired) electrons. The normalized spacial score (nSPS) is 19.5. The molecule has 0 unspecified atom stereocenters. The van der Waals surface area contributed by atoms with Crippen LogP contribution in [0.15, 0.2) is 48.7 Å². The number of carbonyl (C=O) groups is 1. The molecular weight excluding hydrogens is 421 g/mol. The maximum atomic E-state index is 13.5. The summed E-state index contributed by atoms with van der Waals surface area (Å²) in [6.07, 6.45) is -2.74. The van der Waals surface area contributed by atoms with Crippen molar-refractivity contribution in [2.45, 2.75) is 18.6 Å². The number of pyridine rings is 1. The van der Waals surface area contributed by atoms with E-state index in [1.807, 2.05) is 40.1 Å². The Morgan fingerprint density at radius 1 is 0.938 bits per heavy atom. The second-order valence-corrected chi connectivity index (χ2v) is 8.03. The Labute approximate surface area is 185 Å². The lowest BCUT2D eigenvalue weighted by molar-refractivity contribution is -0.141. The molecule has 32 heavy (non-hydrogen) atoms. The van der Waals surface area contributed by atoms with Crippen LogP contribution < -0.4 is 4.90 Å². The lowest BCUT2D eigenvalue weighted by Crippen LogP contribution is -2.48. The predicted octanol–water partition coefficient (Wildman–Crippen LogP) is 3.21. The van der Waals surface area contributed by atoms with Crippen molar-refractivity contribution in [2.24, 2.45) is 0 Å². The van der Waals surface area contributed by atoms with Gasteiger partial charge in [0.25, 0.3) is 0 Å². The number of amides is 1. The van der Waals surface area contributed by atoms with Gasteiger partial charge in [-0.15, -0.1) is 0 Å². The van der Waals surface area contributed by atoms with Crippen LogP contribution >= 0.6 is 0 Å². The molecule has 0 N–H and O–H groups in total. The average Bonchev–Trinajstić information content (AvgIpc) is 3.06. The van der Waals surface area contributed by atoms with Gasteiger partial charge in [-0.2, -0.15) is 13.2 Å². The van der Waals surface area contributed by atoms with E-state index in [1.54, 1.807) is 0 Å². The Bertz CT molecular complexity index is 886. The fourth-order valence-electron chi connectivity index (χ4n) is 4.27. The minimum Gasteiger partial charge on any atom is -0.378 e. The molecule has 4 rings (SSSR count). The molecule has 0 aliphatic carbocycles. The van der Waals surface area contributed by atoms with E-state index in [0.29, 0.717) is 58.3 Å². The van der Waals surface area contributed by atoms with Gasteiger partial charge in [0.1, 0.15) is 11.9 Å². The molecule has 1 amide bonds. The van der Waals surface area contributed by atoms with Crippen molar-refractivity contribution in [3.63, 3.8) is 0 Å². The first-order chi connectivity index (χ1) is 15.4. The summed E-state index contributed by atoms with van der Waals surface area (Å²) in [7, 11) is 0. The highest BCUT2D eigenvalue weighted by Crippen LogP contribution is 2.30. The maximum absolute atomic E-state index is 13.5. The van der Waals surface area contributed by atoms with E-state index in [9.17, 15) is 18.0 Å². The number of rotatable bonds is 4. The summed E-state index contributed by atoms with van der Waals surface area (Å²) in [6, 6.07) is 11.9. The van der Waals surface area contributed by atoms with E-state index < -0.39 is 17.8 Å². The monoisotopic (exact) mass is 448 g/mol. The summed E-state index contributed by atoms with van der Waals surface area (Å²) in [5, 5.41) is 0. The van der Waals surface area contributed by atoms with Crippen LogP contribution in [0.4, 0.5) is 19.0 Å². The van der Waals surface area contributed by atoms with Gasteiger partial charge in [0.2, 0.25) is 5.91 Å². The van der Waals surface area contributed by atoms with Crippen LogP contribution in [0.3, 0.4) is 0 Å². The van der Waals surface area contributed by atoms with Crippen molar-refractivity contribution in [3.05, 3.63) is 59.8 Å².